The number of hydrogen-bond acceptors (Lipinski definition) is 4. The monoisotopic (exact) mass is 269 g/mol. The summed E-state index contributed by atoms with van der Waals surface area (Å²) < 4.78 is 0. The number of hydrogen-bond donors (Lipinski definition) is 1. The highest BCUT2D eigenvalue weighted by Gasteiger charge is 2.16. The Morgan fingerprint density at radius 1 is 1.42 bits per heavy atom. The van der Waals surface area contributed by atoms with Crippen LogP contribution in [0, 0.1) is 18.3 Å². The molecule has 0 saturated carbocycles. The van der Waals surface area contributed by atoms with Gasteiger partial charge < -0.3 is 5.32 Å². The summed E-state index contributed by atoms with van der Waals surface area (Å²) in [6.07, 6.45) is 1.28. The van der Waals surface area contributed by atoms with Gasteiger partial charge >= 0.3 is 0 Å². The molecule has 0 unspecified atom stereocenters. The zero-order valence-electron chi connectivity index (χ0n) is 10.4. The number of carbonyl (C=O) groups excluding carboxylic acids is 1. The molecule has 3 rings (SSSR count). The van der Waals surface area contributed by atoms with Crippen LogP contribution in [0.15, 0.2) is 18.2 Å². The Morgan fingerprint density at radius 2 is 2.26 bits per heavy atom. The lowest BCUT2D eigenvalue weighted by Gasteiger charge is -2.17. The van der Waals surface area contributed by atoms with Gasteiger partial charge in [-0.05, 0) is 37.1 Å². The van der Waals surface area contributed by atoms with Crippen molar-refractivity contribution in [2.24, 2.45) is 0 Å². The summed E-state index contributed by atoms with van der Waals surface area (Å²) in [7, 11) is 0. The molecule has 1 aliphatic rings. The zero-order chi connectivity index (χ0) is 13.4. The molecule has 1 aromatic carbocycles. The second-order valence-electron chi connectivity index (χ2n) is 4.47. The van der Waals surface area contributed by atoms with Crippen LogP contribution >= 0.6 is 11.3 Å². The number of benzene rings is 1. The Balaban J connectivity index is 2.02. The van der Waals surface area contributed by atoms with Gasteiger partial charge in [-0.1, -0.05) is 0 Å². The molecule has 0 fully saturated rings. The minimum absolute atomic E-state index is 0.0668. The van der Waals surface area contributed by atoms with Crippen LogP contribution < -0.4 is 5.32 Å². The summed E-state index contributed by atoms with van der Waals surface area (Å²) in [6, 6.07) is 8.04. The fourth-order valence-corrected chi connectivity index (χ4v) is 3.00. The number of anilines is 1. The van der Waals surface area contributed by atoms with Crippen molar-refractivity contribution in [3.8, 4) is 16.6 Å². The number of nitriles is 1. The molecule has 1 N–H and O–H groups in total. The van der Waals surface area contributed by atoms with Gasteiger partial charge in [-0.15, -0.1) is 11.3 Å². The van der Waals surface area contributed by atoms with Crippen molar-refractivity contribution in [2.45, 2.75) is 19.8 Å². The van der Waals surface area contributed by atoms with Crippen molar-refractivity contribution >= 4 is 22.9 Å². The van der Waals surface area contributed by atoms with Gasteiger partial charge in [0, 0.05) is 17.7 Å². The average Bonchev–Trinajstić information content (AvgIpc) is 2.79. The number of fused-ring (bicyclic) bond motifs is 1. The third-order valence-electron chi connectivity index (χ3n) is 3.15. The van der Waals surface area contributed by atoms with E-state index in [1.807, 2.05) is 25.1 Å². The summed E-state index contributed by atoms with van der Waals surface area (Å²) in [5, 5.41) is 12.7. The summed E-state index contributed by atoms with van der Waals surface area (Å²) >= 11 is 1.40. The first-order valence-electron chi connectivity index (χ1n) is 5.98. The predicted octanol–water partition coefficient (Wildman–Crippen LogP) is 2.87. The van der Waals surface area contributed by atoms with Crippen LogP contribution in [0.4, 0.5) is 5.69 Å². The summed E-state index contributed by atoms with van der Waals surface area (Å²) in [5.41, 5.74) is 3.79. The zero-order valence-corrected chi connectivity index (χ0v) is 11.2. The third kappa shape index (κ3) is 2.11. The lowest BCUT2D eigenvalue weighted by atomic mass is 10.0. The van der Waals surface area contributed by atoms with Gasteiger partial charge in [-0.25, -0.2) is 4.98 Å². The maximum Gasteiger partial charge on any atom is 0.224 e. The highest BCUT2D eigenvalue weighted by atomic mass is 32.1. The number of rotatable bonds is 1. The van der Waals surface area contributed by atoms with Gasteiger partial charge in [0.2, 0.25) is 5.91 Å². The van der Waals surface area contributed by atoms with Crippen molar-refractivity contribution in [3.63, 3.8) is 0 Å². The molecule has 19 heavy (non-hydrogen) atoms. The molecule has 0 aliphatic carbocycles. The molecule has 0 saturated heterocycles. The normalized spacial score (nSPS) is 13.6. The molecule has 2 heterocycles. The highest BCUT2D eigenvalue weighted by Crippen LogP contribution is 2.32. The number of nitrogens with zero attached hydrogens (tertiary/aromatic N) is 2. The maximum atomic E-state index is 11.3. The predicted molar refractivity (Wildman–Crippen MR) is 74.0 cm³/mol. The van der Waals surface area contributed by atoms with Crippen molar-refractivity contribution < 1.29 is 4.79 Å². The number of aromatic nitrogens is 1. The van der Waals surface area contributed by atoms with E-state index in [0.717, 1.165) is 33.9 Å². The molecule has 5 heteroatoms. The quantitative estimate of drug-likeness (QED) is 0.865. The van der Waals surface area contributed by atoms with Gasteiger partial charge in [0.25, 0.3) is 0 Å². The largest absolute Gasteiger partial charge is 0.326 e. The topological polar surface area (TPSA) is 65.8 Å². The summed E-state index contributed by atoms with van der Waals surface area (Å²) in [6.45, 7) is 1.84. The summed E-state index contributed by atoms with van der Waals surface area (Å²) in [4.78, 5) is 16.4. The van der Waals surface area contributed by atoms with E-state index in [4.69, 9.17) is 5.26 Å². The van der Waals surface area contributed by atoms with Gasteiger partial charge in [-0.3, -0.25) is 4.79 Å². The van der Waals surface area contributed by atoms with Crippen LogP contribution in [0.1, 0.15) is 22.6 Å². The minimum Gasteiger partial charge on any atom is -0.326 e. The van der Waals surface area contributed by atoms with Gasteiger partial charge in [0.1, 0.15) is 16.0 Å². The molecule has 0 bridgehead atoms. The first kappa shape index (κ1) is 11.9. The molecule has 1 aromatic heterocycles. The molecule has 2 aromatic rings. The molecular formula is C14H11N3OS. The average molecular weight is 269 g/mol. The van der Waals surface area contributed by atoms with Crippen LogP contribution in [0.2, 0.25) is 0 Å². The number of nitrogens with one attached hydrogen (secondary N) is 1. The van der Waals surface area contributed by atoms with E-state index in [1.165, 1.54) is 11.3 Å². The SMILES string of the molecule is Cc1nc(-c2ccc3c(c2)CCC(=O)N3)sc1C#N. The van der Waals surface area contributed by atoms with Crippen LogP contribution in [0.25, 0.3) is 10.6 Å². The highest BCUT2D eigenvalue weighted by molar-refractivity contribution is 7.15. The van der Waals surface area contributed by atoms with Gasteiger partial charge in [0.15, 0.2) is 0 Å². The van der Waals surface area contributed by atoms with Gasteiger partial charge in [-0.2, -0.15) is 5.26 Å². The van der Waals surface area contributed by atoms with Crippen molar-refractivity contribution in [3.05, 3.63) is 34.3 Å². The van der Waals surface area contributed by atoms with Crippen molar-refractivity contribution in [1.29, 1.82) is 5.26 Å². The Bertz CT molecular complexity index is 712. The van der Waals surface area contributed by atoms with E-state index in [-0.39, 0.29) is 5.91 Å². The fourth-order valence-electron chi connectivity index (χ4n) is 2.14. The smallest absolute Gasteiger partial charge is 0.224 e. The molecule has 94 valence electrons. The van der Waals surface area contributed by atoms with Crippen LogP contribution in [-0.4, -0.2) is 10.9 Å². The van der Waals surface area contributed by atoms with Crippen LogP contribution in [0.5, 0.6) is 0 Å². The minimum atomic E-state index is 0.0668. The van der Waals surface area contributed by atoms with E-state index >= 15 is 0 Å². The third-order valence-corrected chi connectivity index (χ3v) is 4.26. The molecule has 0 radical (unpaired) electrons. The summed E-state index contributed by atoms with van der Waals surface area (Å²) in [5.74, 6) is 0.0668. The standard InChI is InChI=1S/C14H11N3OS/c1-8-12(7-15)19-14(16-8)10-2-4-11-9(6-10)3-5-13(18)17-11/h2,4,6H,3,5H2,1H3,(H,17,18). The van der Waals surface area contributed by atoms with E-state index in [9.17, 15) is 4.79 Å². The number of carbonyl (C=O) groups is 1. The lowest BCUT2D eigenvalue weighted by molar-refractivity contribution is -0.116. The molecule has 0 spiro atoms. The first-order valence-corrected chi connectivity index (χ1v) is 6.79. The fraction of sp³-hybridized carbons (Fsp3) is 0.214. The molecule has 1 amide bonds. The van der Waals surface area contributed by atoms with Crippen LogP contribution in [0.3, 0.4) is 0 Å². The Morgan fingerprint density at radius 3 is 3.00 bits per heavy atom. The second kappa shape index (κ2) is 4.48. The second-order valence-corrected chi connectivity index (χ2v) is 5.46. The molecular weight excluding hydrogens is 258 g/mol. The maximum absolute atomic E-state index is 11.3. The lowest BCUT2D eigenvalue weighted by Crippen LogP contribution is -2.18. The van der Waals surface area contributed by atoms with Gasteiger partial charge in [0.05, 0.1) is 5.69 Å². The Kier molecular flexibility index (Phi) is 2.80. The molecule has 1 aliphatic heterocycles. The van der Waals surface area contributed by atoms with E-state index < -0.39 is 0 Å². The van der Waals surface area contributed by atoms with Crippen molar-refractivity contribution in [1.82, 2.24) is 4.98 Å². The number of amides is 1. The molecule has 4 nitrogen and oxygen atoms in total. The van der Waals surface area contributed by atoms with E-state index in [1.54, 1.807) is 0 Å². The van der Waals surface area contributed by atoms with Crippen molar-refractivity contribution in [2.75, 3.05) is 5.32 Å². The number of aryl methyl sites for hydroxylation is 2. The Hall–Kier alpha value is -2.19. The van der Waals surface area contributed by atoms with E-state index in [0.29, 0.717) is 11.3 Å². The van der Waals surface area contributed by atoms with E-state index in [2.05, 4.69) is 16.4 Å². The first-order chi connectivity index (χ1) is 9.17. The molecule has 0 atom stereocenters. The Labute approximate surface area is 114 Å². The number of thiazole rings is 1. The van der Waals surface area contributed by atoms with Crippen LogP contribution in [-0.2, 0) is 11.2 Å².